The second kappa shape index (κ2) is 6.74. The van der Waals surface area contributed by atoms with Crippen molar-refractivity contribution in [3.05, 3.63) is 29.3 Å². The minimum atomic E-state index is -0.835. The van der Waals surface area contributed by atoms with Crippen LogP contribution >= 0.6 is 0 Å². The van der Waals surface area contributed by atoms with Crippen molar-refractivity contribution in [1.82, 2.24) is 0 Å². The van der Waals surface area contributed by atoms with E-state index in [2.05, 4.69) is 5.32 Å². The van der Waals surface area contributed by atoms with E-state index in [0.717, 1.165) is 16.8 Å². The number of hydrogen-bond acceptors (Lipinski definition) is 3. The number of aryl methyl sites for hydroxylation is 2. The molecule has 4 nitrogen and oxygen atoms in total. The van der Waals surface area contributed by atoms with Crippen LogP contribution in [-0.2, 0) is 14.3 Å². The molecule has 0 saturated carbocycles. The van der Waals surface area contributed by atoms with Crippen LogP contribution < -0.4 is 5.32 Å². The Morgan fingerprint density at radius 3 is 2.33 bits per heavy atom. The molecule has 0 saturated heterocycles. The van der Waals surface area contributed by atoms with Gasteiger partial charge in [0.2, 0.25) is 5.91 Å². The first kappa shape index (κ1) is 17.2. The fraction of sp³-hybridized carbons (Fsp3) is 0.529. The predicted octanol–water partition coefficient (Wildman–Crippen LogP) is 3.47. The minimum Gasteiger partial charge on any atom is -0.465 e. The van der Waals surface area contributed by atoms with Gasteiger partial charge >= 0.3 is 5.97 Å². The first-order chi connectivity index (χ1) is 9.66. The average Bonchev–Trinajstić information content (AvgIpc) is 2.31. The summed E-state index contributed by atoms with van der Waals surface area (Å²) in [5.74, 6) is -1.64. The predicted molar refractivity (Wildman–Crippen MR) is 84.1 cm³/mol. The molecule has 21 heavy (non-hydrogen) atoms. The lowest BCUT2D eigenvalue weighted by Crippen LogP contribution is -2.40. The van der Waals surface area contributed by atoms with E-state index < -0.39 is 17.3 Å². The van der Waals surface area contributed by atoms with Gasteiger partial charge in [-0.25, -0.2) is 0 Å². The Morgan fingerprint density at radius 1 is 1.24 bits per heavy atom. The number of rotatable bonds is 4. The van der Waals surface area contributed by atoms with Crippen molar-refractivity contribution < 1.29 is 14.3 Å². The summed E-state index contributed by atoms with van der Waals surface area (Å²) in [7, 11) is 0. The van der Waals surface area contributed by atoms with Gasteiger partial charge in [0.05, 0.1) is 6.61 Å². The molecule has 1 aromatic rings. The molecular weight excluding hydrogens is 266 g/mol. The molecule has 0 aliphatic carbocycles. The smallest absolute Gasteiger partial charge is 0.319 e. The molecule has 0 radical (unpaired) electrons. The van der Waals surface area contributed by atoms with Crippen molar-refractivity contribution in [2.45, 2.75) is 41.5 Å². The Hall–Kier alpha value is -1.84. The topological polar surface area (TPSA) is 55.4 Å². The van der Waals surface area contributed by atoms with Crippen LogP contribution in [0.25, 0.3) is 0 Å². The highest BCUT2D eigenvalue weighted by atomic mass is 16.5. The SMILES string of the molecule is CCOC(=O)C(C(=O)Nc1ccc(C)cc1C)C(C)(C)C. The van der Waals surface area contributed by atoms with Crippen molar-refractivity contribution >= 4 is 17.6 Å². The minimum absolute atomic E-state index is 0.266. The van der Waals surface area contributed by atoms with Gasteiger partial charge in [-0.1, -0.05) is 38.5 Å². The van der Waals surface area contributed by atoms with E-state index in [0.29, 0.717) is 0 Å². The van der Waals surface area contributed by atoms with Crippen LogP contribution in [0.3, 0.4) is 0 Å². The van der Waals surface area contributed by atoms with E-state index in [1.54, 1.807) is 6.92 Å². The maximum absolute atomic E-state index is 12.5. The summed E-state index contributed by atoms with van der Waals surface area (Å²) in [6.45, 7) is 11.5. The second-order valence-electron chi connectivity index (χ2n) is 6.36. The van der Waals surface area contributed by atoms with E-state index in [9.17, 15) is 9.59 Å². The fourth-order valence-electron chi connectivity index (χ4n) is 2.24. The van der Waals surface area contributed by atoms with E-state index in [1.165, 1.54) is 0 Å². The number of hydrogen-bond donors (Lipinski definition) is 1. The molecule has 1 rings (SSSR count). The monoisotopic (exact) mass is 291 g/mol. The van der Waals surface area contributed by atoms with E-state index in [4.69, 9.17) is 4.74 Å². The quantitative estimate of drug-likeness (QED) is 0.682. The summed E-state index contributed by atoms with van der Waals surface area (Å²) in [5, 5.41) is 2.84. The normalized spacial score (nSPS) is 12.7. The number of nitrogens with one attached hydrogen (secondary N) is 1. The molecule has 116 valence electrons. The standard InChI is InChI=1S/C17H25NO3/c1-7-21-16(20)14(17(4,5)6)15(19)18-13-9-8-11(2)10-12(13)3/h8-10,14H,7H2,1-6H3,(H,18,19). The number of benzene rings is 1. The van der Waals surface area contributed by atoms with E-state index in [-0.39, 0.29) is 12.5 Å². The zero-order valence-electron chi connectivity index (χ0n) is 13.7. The summed E-state index contributed by atoms with van der Waals surface area (Å²) in [6, 6.07) is 5.78. The molecule has 1 aromatic carbocycles. The molecule has 0 spiro atoms. The number of anilines is 1. The largest absolute Gasteiger partial charge is 0.465 e. The fourth-order valence-corrected chi connectivity index (χ4v) is 2.24. The van der Waals surface area contributed by atoms with Gasteiger partial charge in [0.25, 0.3) is 0 Å². The van der Waals surface area contributed by atoms with Crippen LogP contribution in [0.15, 0.2) is 18.2 Å². The van der Waals surface area contributed by atoms with E-state index in [1.807, 2.05) is 52.8 Å². The lowest BCUT2D eigenvalue weighted by Gasteiger charge is -2.27. The Morgan fingerprint density at radius 2 is 1.86 bits per heavy atom. The molecule has 0 fully saturated rings. The van der Waals surface area contributed by atoms with Gasteiger partial charge < -0.3 is 10.1 Å². The Kier molecular flexibility index (Phi) is 5.53. The highest BCUT2D eigenvalue weighted by Gasteiger charge is 2.39. The maximum atomic E-state index is 12.5. The first-order valence-corrected chi connectivity index (χ1v) is 7.21. The molecule has 0 aromatic heterocycles. The summed E-state index contributed by atoms with van der Waals surface area (Å²) in [5.41, 5.74) is 2.32. The third kappa shape index (κ3) is 4.59. The van der Waals surface area contributed by atoms with E-state index >= 15 is 0 Å². The van der Waals surface area contributed by atoms with Crippen LogP contribution in [0.4, 0.5) is 5.69 Å². The lowest BCUT2D eigenvalue weighted by molar-refractivity contribution is -0.155. The number of carbonyl (C=O) groups is 2. The van der Waals surface area contributed by atoms with Crippen LogP contribution in [0.5, 0.6) is 0 Å². The third-order valence-electron chi connectivity index (χ3n) is 3.29. The van der Waals surface area contributed by atoms with Crippen LogP contribution in [0.2, 0.25) is 0 Å². The Labute approximate surface area is 126 Å². The highest BCUT2D eigenvalue weighted by Crippen LogP contribution is 2.29. The van der Waals surface area contributed by atoms with Crippen molar-refractivity contribution in [3.8, 4) is 0 Å². The van der Waals surface area contributed by atoms with Crippen molar-refractivity contribution in [1.29, 1.82) is 0 Å². The second-order valence-corrected chi connectivity index (χ2v) is 6.36. The highest BCUT2D eigenvalue weighted by molar-refractivity contribution is 6.05. The molecule has 0 aliphatic heterocycles. The molecule has 0 bridgehead atoms. The summed E-state index contributed by atoms with van der Waals surface area (Å²) >= 11 is 0. The molecule has 1 N–H and O–H groups in total. The number of carbonyl (C=O) groups excluding carboxylic acids is 2. The van der Waals surface area contributed by atoms with Crippen LogP contribution in [-0.4, -0.2) is 18.5 Å². The number of esters is 1. The van der Waals surface area contributed by atoms with Crippen LogP contribution in [0, 0.1) is 25.2 Å². The maximum Gasteiger partial charge on any atom is 0.319 e. The molecule has 1 unspecified atom stereocenters. The zero-order chi connectivity index (χ0) is 16.2. The summed E-state index contributed by atoms with van der Waals surface area (Å²) in [4.78, 5) is 24.6. The van der Waals surface area contributed by atoms with Gasteiger partial charge in [-0.05, 0) is 37.8 Å². The zero-order valence-corrected chi connectivity index (χ0v) is 13.7. The van der Waals surface area contributed by atoms with Gasteiger partial charge in [-0.15, -0.1) is 0 Å². The van der Waals surface area contributed by atoms with Gasteiger partial charge in [0.1, 0.15) is 5.92 Å². The summed E-state index contributed by atoms with van der Waals surface area (Å²) in [6.07, 6.45) is 0. The van der Waals surface area contributed by atoms with Crippen molar-refractivity contribution in [2.75, 3.05) is 11.9 Å². The van der Waals surface area contributed by atoms with Gasteiger partial charge in [0, 0.05) is 5.69 Å². The van der Waals surface area contributed by atoms with Crippen molar-refractivity contribution in [3.63, 3.8) is 0 Å². The Balaban J connectivity index is 2.99. The van der Waals surface area contributed by atoms with Crippen molar-refractivity contribution in [2.24, 2.45) is 11.3 Å². The van der Waals surface area contributed by atoms with Gasteiger partial charge in [-0.2, -0.15) is 0 Å². The molecule has 1 amide bonds. The first-order valence-electron chi connectivity index (χ1n) is 7.21. The third-order valence-corrected chi connectivity index (χ3v) is 3.29. The van der Waals surface area contributed by atoms with Gasteiger partial charge in [-0.3, -0.25) is 9.59 Å². The summed E-state index contributed by atoms with van der Waals surface area (Å²) < 4.78 is 5.04. The molecule has 1 atom stereocenters. The molecular formula is C17H25NO3. The molecule has 0 heterocycles. The van der Waals surface area contributed by atoms with Crippen LogP contribution in [0.1, 0.15) is 38.8 Å². The number of ether oxygens (including phenoxy) is 1. The molecule has 4 heteroatoms. The average molecular weight is 291 g/mol. The van der Waals surface area contributed by atoms with Gasteiger partial charge in [0.15, 0.2) is 0 Å². The number of amides is 1. The Bertz CT molecular complexity index is 529. The molecule has 0 aliphatic rings. The lowest BCUT2D eigenvalue weighted by atomic mass is 9.80.